The van der Waals surface area contributed by atoms with Crippen LogP contribution >= 0.6 is 0 Å². The van der Waals surface area contributed by atoms with Crippen LogP contribution in [0.4, 0.5) is 10.2 Å². The Balaban J connectivity index is 1.39. The van der Waals surface area contributed by atoms with Gasteiger partial charge in [0.1, 0.15) is 5.82 Å². The van der Waals surface area contributed by atoms with E-state index in [4.69, 9.17) is 4.74 Å². The van der Waals surface area contributed by atoms with Gasteiger partial charge in [-0.3, -0.25) is 4.79 Å². The molecule has 2 aliphatic rings. The van der Waals surface area contributed by atoms with Crippen LogP contribution in [-0.2, 0) is 14.6 Å². The maximum absolute atomic E-state index is 13.6. The molecule has 0 aliphatic carbocycles. The van der Waals surface area contributed by atoms with Crippen LogP contribution in [0.25, 0.3) is 0 Å². The molecule has 1 aromatic carbocycles. The summed E-state index contributed by atoms with van der Waals surface area (Å²) in [6.07, 6.45) is 3.71. The van der Waals surface area contributed by atoms with Gasteiger partial charge in [-0.15, -0.1) is 0 Å². The topological polar surface area (TPSA) is 79.8 Å². The van der Waals surface area contributed by atoms with Crippen LogP contribution in [0.2, 0.25) is 0 Å². The summed E-state index contributed by atoms with van der Waals surface area (Å²) in [5, 5.41) is 0. The summed E-state index contributed by atoms with van der Waals surface area (Å²) in [6, 6.07) is 7.85. The number of sulfone groups is 1. The smallest absolute Gasteiger partial charge is 0.223 e. The number of piperazine rings is 1. The Morgan fingerprint density at radius 3 is 2.52 bits per heavy atom. The largest absolute Gasteiger partial charge is 0.494 e. The molecule has 2 saturated heterocycles. The number of methoxy groups -OCH3 is 1. The molecule has 166 valence electrons. The maximum atomic E-state index is 13.6. The van der Waals surface area contributed by atoms with Crippen molar-refractivity contribution in [2.24, 2.45) is 0 Å². The first-order chi connectivity index (χ1) is 14.8. The standard InChI is InChI=1S/C22H26FN3O4S/c1-15-3-8-21(24-12-15)26-16-4-5-17(26)14-25(13-16)22(27)9-10-31(28,29)18-6-7-19(23)20(11-18)30-2/h3,6-8,11-12,16-17H,4-5,9-10,13-14H2,1-2H3. The average Bonchev–Trinajstić information content (AvgIpc) is 3.01. The number of hydrogen-bond acceptors (Lipinski definition) is 6. The second kappa shape index (κ2) is 8.45. The van der Waals surface area contributed by atoms with Gasteiger partial charge in [0.25, 0.3) is 0 Å². The zero-order valence-electron chi connectivity index (χ0n) is 17.6. The summed E-state index contributed by atoms with van der Waals surface area (Å²) >= 11 is 0. The number of carbonyl (C=O) groups excluding carboxylic acids is 1. The molecule has 7 nitrogen and oxygen atoms in total. The van der Waals surface area contributed by atoms with E-state index in [9.17, 15) is 17.6 Å². The Kier molecular flexibility index (Phi) is 5.88. The van der Waals surface area contributed by atoms with E-state index in [1.807, 2.05) is 25.3 Å². The molecular formula is C22H26FN3O4S. The summed E-state index contributed by atoms with van der Waals surface area (Å²) < 4.78 is 43.7. The predicted octanol–water partition coefficient (Wildman–Crippen LogP) is 2.58. The van der Waals surface area contributed by atoms with Crippen LogP contribution < -0.4 is 9.64 Å². The number of pyridine rings is 1. The first-order valence-electron chi connectivity index (χ1n) is 10.3. The quantitative estimate of drug-likeness (QED) is 0.634. The minimum Gasteiger partial charge on any atom is -0.494 e. The lowest BCUT2D eigenvalue weighted by Crippen LogP contribution is -2.55. The zero-order chi connectivity index (χ0) is 22.2. The van der Waals surface area contributed by atoms with E-state index >= 15 is 0 Å². The molecule has 31 heavy (non-hydrogen) atoms. The Hall–Kier alpha value is -2.68. The SMILES string of the molecule is COc1cc(S(=O)(=O)CCC(=O)N2CC3CCC(C2)N3c2ccc(C)cn2)ccc1F. The molecule has 0 radical (unpaired) electrons. The fourth-order valence-corrected chi connectivity index (χ4v) is 5.67. The molecule has 9 heteroatoms. The number of amides is 1. The lowest BCUT2D eigenvalue weighted by molar-refractivity contribution is -0.131. The van der Waals surface area contributed by atoms with Crippen LogP contribution in [0.1, 0.15) is 24.8 Å². The van der Waals surface area contributed by atoms with Crippen molar-refractivity contribution in [3.8, 4) is 5.75 Å². The van der Waals surface area contributed by atoms with Crippen molar-refractivity contribution >= 4 is 21.6 Å². The molecule has 4 rings (SSSR count). The van der Waals surface area contributed by atoms with Gasteiger partial charge in [0.05, 0.1) is 17.8 Å². The summed E-state index contributed by atoms with van der Waals surface area (Å²) in [5.74, 6) is -0.335. The van der Waals surface area contributed by atoms with Crippen molar-refractivity contribution in [1.29, 1.82) is 0 Å². The molecule has 2 bridgehead atoms. The summed E-state index contributed by atoms with van der Waals surface area (Å²) in [4.78, 5) is 21.4. The number of hydrogen-bond donors (Lipinski definition) is 0. The second-order valence-electron chi connectivity index (χ2n) is 8.15. The van der Waals surface area contributed by atoms with E-state index in [1.165, 1.54) is 13.2 Å². The number of benzene rings is 1. The monoisotopic (exact) mass is 447 g/mol. The van der Waals surface area contributed by atoms with E-state index in [-0.39, 0.29) is 40.8 Å². The van der Waals surface area contributed by atoms with E-state index in [0.29, 0.717) is 13.1 Å². The number of ether oxygens (including phenoxy) is 1. The van der Waals surface area contributed by atoms with Gasteiger partial charge in [0.2, 0.25) is 5.91 Å². The van der Waals surface area contributed by atoms with Gasteiger partial charge in [-0.05, 0) is 43.5 Å². The van der Waals surface area contributed by atoms with Crippen molar-refractivity contribution < 1.29 is 22.3 Å². The van der Waals surface area contributed by atoms with Crippen LogP contribution in [0.15, 0.2) is 41.4 Å². The molecule has 0 spiro atoms. The van der Waals surface area contributed by atoms with Gasteiger partial charge < -0.3 is 14.5 Å². The number of aryl methyl sites for hydroxylation is 1. The minimum atomic E-state index is -3.73. The van der Waals surface area contributed by atoms with Crippen molar-refractivity contribution in [1.82, 2.24) is 9.88 Å². The summed E-state index contributed by atoms with van der Waals surface area (Å²) in [7, 11) is -2.45. The number of fused-ring (bicyclic) bond motifs is 2. The molecule has 2 atom stereocenters. The van der Waals surface area contributed by atoms with Gasteiger partial charge in [0.15, 0.2) is 21.4 Å². The van der Waals surface area contributed by atoms with Crippen LogP contribution in [0, 0.1) is 12.7 Å². The average molecular weight is 448 g/mol. The first-order valence-corrected chi connectivity index (χ1v) is 12.0. The van der Waals surface area contributed by atoms with Crippen LogP contribution in [-0.4, -0.2) is 62.2 Å². The van der Waals surface area contributed by atoms with Gasteiger partial charge >= 0.3 is 0 Å². The van der Waals surface area contributed by atoms with Crippen molar-refractivity contribution in [2.45, 2.75) is 43.2 Å². The third-order valence-corrected chi connectivity index (χ3v) is 7.78. The molecule has 3 heterocycles. The first kappa shape index (κ1) is 21.5. The molecule has 0 saturated carbocycles. The Morgan fingerprint density at radius 2 is 1.90 bits per heavy atom. The van der Waals surface area contributed by atoms with E-state index < -0.39 is 15.7 Å². The molecule has 2 unspecified atom stereocenters. The van der Waals surface area contributed by atoms with Crippen molar-refractivity contribution in [3.05, 3.63) is 47.9 Å². The molecule has 2 fully saturated rings. The van der Waals surface area contributed by atoms with Gasteiger partial charge in [-0.1, -0.05) is 6.07 Å². The fraction of sp³-hybridized carbons (Fsp3) is 0.455. The van der Waals surface area contributed by atoms with E-state index in [2.05, 4.69) is 9.88 Å². The van der Waals surface area contributed by atoms with Crippen LogP contribution in [0.5, 0.6) is 5.75 Å². The number of anilines is 1. The summed E-state index contributed by atoms with van der Waals surface area (Å²) in [5.41, 5.74) is 1.10. The van der Waals surface area contributed by atoms with E-state index in [1.54, 1.807) is 4.90 Å². The zero-order valence-corrected chi connectivity index (χ0v) is 18.4. The second-order valence-corrected chi connectivity index (χ2v) is 10.3. The number of halogens is 1. The number of likely N-dealkylation sites (tertiary alicyclic amines) is 1. The molecule has 0 N–H and O–H groups in total. The van der Waals surface area contributed by atoms with Crippen molar-refractivity contribution in [2.75, 3.05) is 30.9 Å². The Morgan fingerprint density at radius 1 is 1.19 bits per heavy atom. The lowest BCUT2D eigenvalue weighted by Gasteiger charge is -2.41. The minimum absolute atomic E-state index is 0.0473. The highest BCUT2D eigenvalue weighted by molar-refractivity contribution is 7.91. The fourth-order valence-electron chi connectivity index (χ4n) is 4.42. The molecule has 2 aliphatic heterocycles. The third-order valence-electron chi connectivity index (χ3n) is 6.06. The summed E-state index contributed by atoms with van der Waals surface area (Å²) in [6.45, 7) is 3.13. The Bertz CT molecular complexity index is 1060. The predicted molar refractivity (Wildman–Crippen MR) is 114 cm³/mol. The molecule has 2 aromatic rings. The van der Waals surface area contributed by atoms with Crippen molar-refractivity contribution in [3.63, 3.8) is 0 Å². The number of aromatic nitrogens is 1. The normalized spacial score (nSPS) is 20.7. The Labute approximate surface area is 181 Å². The highest BCUT2D eigenvalue weighted by atomic mass is 32.2. The highest BCUT2D eigenvalue weighted by Crippen LogP contribution is 2.34. The third kappa shape index (κ3) is 4.37. The van der Waals surface area contributed by atoms with E-state index in [0.717, 1.165) is 36.4 Å². The molecule has 1 amide bonds. The lowest BCUT2D eigenvalue weighted by atomic mass is 10.1. The maximum Gasteiger partial charge on any atom is 0.223 e. The number of nitrogens with zero attached hydrogens (tertiary/aromatic N) is 3. The van der Waals surface area contributed by atoms with Crippen LogP contribution in [0.3, 0.4) is 0 Å². The number of carbonyl (C=O) groups is 1. The van der Waals surface area contributed by atoms with Gasteiger partial charge in [-0.25, -0.2) is 17.8 Å². The molecule has 1 aromatic heterocycles. The molecular weight excluding hydrogens is 421 g/mol. The van der Waals surface area contributed by atoms with Gasteiger partial charge in [0, 0.05) is 43.9 Å². The highest BCUT2D eigenvalue weighted by Gasteiger charge is 2.42. The van der Waals surface area contributed by atoms with Gasteiger partial charge in [-0.2, -0.15) is 0 Å². The number of rotatable bonds is 6.